The second-order valence-electron chi connectivity index (χ2n) is 8.80. The molecule has 0 saturated carbocycles. The van der Waals surface area contributed by atoms with Gasteiger partial charge in [0.2, 0.25) is 6.79 Å². The van der Waals surface area contributed by atoms with E-state index in [-0.39, 0.29) is 18.2 Å². The number of esters is 1. The maximum absolute atomic E-state index is 11.8. The lowest BCUT2D eigenvalue weighted by Gasteiger charge is -2.20. The molecule has 0 saturated heterocycles. The Balaban J connectivity index is 2.06. The number of hydrogen-bond donors (Lipinski definition) is 0. The molecule has 0 fully saturated rings. The second kappa shape index (κ2) is 9.50. The van der Waals surface area contributed by atoms with E-state index in [1.165, 1.54) is 5.56 Å². The van der Waals surface area contributed by atoms with E-state index in [9.17, 15) is 4.79 Å². The number of carbonyl (C=O) groups is 1. The summed E-state index contributed by atoms with van der Waals surface area (Å²) in [7, 11) is 0. The predicted octanol–water partition coefficient (Wildman–Crippen LogP) is 5.13. The Morgan fingerprint density at radius 3 is 2.48 bits per heavy atom. The molecule has 6 heteroatoms. The molecule has 0 radical (unpaired) electrons. The number of fused-ring (bicyclic) bond motifs is 1. The smallest absolute Gasteiger partial charge is 0.308 e. The number of carbonyl (C=O) groups excluding carboxylic acids is 1. The van der Waals surface area contributed by atoms with Crippen molar-refractivity contribution in [3.8, 4) is 0 Å². The van der Waals surface area contributed by atoms with Gasteiger partial charge in [0.05, 0.1) is 12.2 Å². The Hall–Kier alpha value is -2.89. The summed E-state index contributed by atoms with van der Waals surface area (Å²) >= 11 is 0. The lowest BCUT2D eigenvalue weighted by atomic mass is 9.86. The molecule has 0 N–H and O–H groups in total. The number of aliphatic imine (C=N–C) groups is 1. The van der Waals surface area contributed by atoms with Crippen molar-refractivity contribution in [2.75, 3.05) is 13.3 Å². The predicted molar refractivity (Wildman–Crippen MR) is 124 cm³/mol. The summed E-state index contributed by atoms with van der Waals surface area (Å²) in [4.78, 5) is 16.5. The van der Waals surface area contributed by atoms with Crippen molar-refractivity contribution in [3.63, 3.8) is 0 Å². The molecule has 0 amide bonds. The summed E-state index contributed by atoms with van der Waals surface area (Å²) in [6.45, 7) is 13.6. The van der Waals surface area contributed by atoms with Crippen LogP contribution in [0, 0.1) is 6.92 Å². The van der Waals surface area contributed by atoms with Crippen LogP contribution in [0.3, 0.4) is 0 Å². The van der Waals surface area contributed by atoms with Crippen LogP contribution in [0.25, 0.3) is 11.3 Å². The van der Waals surface area contributed by atoms with Crippen LogP contribution in [0.1, 0.15) is 75.5 Å². The molecule has 0 unspecified atom stereocenters. The first-order chi connectivity index (χ1) is 14.8. The van der Waals surface area contributed by atoms with Gasteiger partial charge in [0.15, 0.2) is 5.76 Å². The van der Waals surface area contributed by atoms with E-state index >= 15 is 0 Å². The standard InChI is InChI=1S/C25H33N3O3/c1-7-9-22(29)30-16-31-24-21(18-10-12-19(13-11-18)25(4,5)6)15-26-14-20-17(3)27-28(8-2)23(20)24/h10-14H,7-9,15-16H2,1-6H3. The molecule has 166 valence electrons. The molecule has 6 nitrogen and oxygen atoms in total. The summed E-state index contributed by atoms with van der Waals surface area (Å²) in [5.74, 6) is 0.409. The molecule has 0 spiro atoms. The third kappa shape index (κ3) is 5.06. The molecule has 2 aromatic rings. The number of rotatable bonds is 7. The minimum absolute atomic E-state index is 0.0758. The van der Waals surface area contributed by atoms with E-state index in [2.05, 4.69) is 55.1 Å². The Morgan fingerprint density at radius 1 is 1.16 bits per heavy atom. The molecule has 1 aliphatic heterocycles. The van der Waals surface area contributed by atoms with Crippen LogP contribution in [0.4, 0.5) is 0 Å². The topological polar surface area (TPSA) is 65.7 Å². The Kier molecular flexibility index (Phi) is 6.98. The van der Waals surface area contributed by atoms with Crippen LogP contribution in [-0.2, 0) is 26.2 Å². The van der Waals surface area contributed by atoms with Gasteiger partial charge in [-0.3, -0.25) is 14.5 Å². The average molecular weight is 424 g/mol. The van der Waals surface area contributed by atoms with Crippen molar-refractivity contribution >= 4 is 23.5 Å². The van der Waals surface area contributed by atoms with E-state index in [4.69, 9.17) is 9.47 Å². The molecule has 1 aliphatic rings. The van der Waals surface area contributed by atoms with Gasteiger partial charge in [-0.25, -0.2) is 0 Å². The van der Waals surface area contributed by atoms with Crippen molar-refractivity contribution in [1.82, 2.24) is 9.78 Å². The first-order valence-electron chi connectivity index (χ1n) is 11.0. The van der Waals surface area contributed by atoms with Gasteiger partial charge >= 0.3 is 5.97 Å². The normalized spacial score (nSPS) is 13.7. The fourth-order valence-corrected chi connectivity index (χ4v) is 3.64. The number of ether oxygens (including phenoxy) is 2. The van der Waals surface area contributed by atoms with Gasteiger partial charge < -0.3 is 9.47 Å². The monoisotopic (exact) mass is 423 g/mol. The molecule has 1 aromatic carbocycles. The van der Waals surface area contributed by atoms with Crippen molar-refractivity contribution < 1.29 is 14.3 Å². The minimum atomic E-state index is -0.260. The highest BCUT2D eigenvalue weighted by Gasteiger charge is 2.25. The number of hydrogen-bond acceptors (Lipinski definition) is 5. The summed E-state index contributed by atoms with van der Waals surface area (Å²) in [6, 6.07) is 8.53. The van der Waals surface area contributed by atoms with Crippen LogP contribution in [0.5, 0.6) is 0 Å². The van der Waals surface area contributed by atoms with Crippen molar-refractivity contribution in [2.45, 2.75) is 66.3 Å². The summed E-state index contributed by atoms with van der Waals surface area (Å²) < 4.78 is 13.4. The van der Waals surface area contributed by atoms with Crippen molar-refractivity contribution in [2.24, 2.45) is 4.99 Å². The lowest BCUT2D eigenvalue weighted by molar-refractivity contribution is -0.151. The fraction of sp³-hybridized carbons (Fsp3) is 0.480. The largest absolute Gasteiger partial charge is 0.455 e. The molecule has 0 bridgehead atoms. The first-order valence-corrected chi connectivity index (χ1v) is 11.0. The van der Waals surface area contributed by atoms with E-state index in [1.807, 2.05) is 31.7 Å². The fourth-order valence-electron chi connectivity index (χ4n) is 3.64. The average Bonchev–Trinajstić information content (AvgIpc) is 2.91. The SMILES string of the molecule is CCCC(=O)OCOC1=C(c2ccc(C(C)(C)C)cc2)CN=Cc2c(C)nn(CC)c21. The highest BCUT2D eigenvalue weighted by atomic mass is 16.7. The zero-order valence-electron chi connectivity index (χ0n) is 19.5. The van der Waals surface area contributed by atoms with Crippen molar-refractivity contribution in [3.05, 3.63) is 52.3 Å². The van der Waals surface area contributed by atoms with Crippen LogP contribution in [0.15, 0.2) is 29.3 Å². The van der Waals surface area contributed by atoms with Gasteiger partial charge in [-0.05, 0) is 36.8 Å². The van der Waals surface area contributed by atoms with E-state index in [0.29, 0.717) is 25.3 Å². The quantitative estimate of drug-likeness (QED) is 0.458. The number of aryl methyl sites for hydroxylation is 2. The molecular weight excluding hydrogens is 390 g/mol. The highest BCUT2D eigenvalue weighted by Crippen LogP contribution is 2.34. The van der Waals surface area contributed by atoms with E-state index in [0.717, 1.165) is 34.5 Å². The maximum Gasteiger partial charge on any atom is 0.308 e. The van der Waals surface area contributed by atoms with Crippen molar-refractivity contribution in [1.29, 1.82) is 0 Å². The molecule has 31 heavy (non-hydrogen) atoms. The molecular formula is C25H33N3O3. The van der Waals surface area contributed by atoms with Crippen LogP contribution in [-0.4, -0.2) is 35.3 Å². The number of aromatic nitrogens is 2. The Labute approximate surface area is 185 Å². The molecule has 0 aliphatic carbocycles. The third-order valence-electron chi connectivity index (χ3n) is 5.41. The third-order valence-corrected chi connectivity index (χ3v) is 5.41. The Morgan fingerprint density at radius 2 is 1.87 bits per heavy atom. The zero-order chi connectivity index (χ0) is 22.6. The van der Waals surface area contributed by atoms with Crippen LogP contribution < -0.4 is 0 Å². The van der Waals surface area contributed by atoms with Crippen LogP contribution in [0.2, 0.25) is 0 Å². The van der Waals surface area contributed by atoms with Gasteiger partial charge in [0.25, 0.3) is 0 Å². The molecule has 0 atom stereocenters. The van der Waals surface area contributed by atoms with Gasteiger partial charge in [-0.2, -0.15) is 5.10 Å². The summed E-state index contributed by atoms with van der Waals surface area (Å²) in [5.41, 5.74) is 6.05. The van der Waals surface area contributed by atoms with Crippen LogP contribution >= 0.6 is 0 Å². The highest BCUT2D eigenvalue weighted by molar-refractivity contribution is 5.98. The zero-order valence-corrected chi connectivity index (χ0v) is 19.5. The summed E-state index contributed by atoms with van der Waals surface area (Å²) in [5, 5.41) is 4.65. The first kappa shape index (κ1) is 22.8. The van der Waals surface area contributed by atoms with Gasteiger partial charge in [-0.15, -0.1) is 0 Å². The maximum atomic E-state index is 11.8. The lowest BCUT2D eigenvalue weighted by Crippen LogP contribution is -2.12. The molecule has 3 rings (SSSR count). The number of nitrogens with zero attached hydrogens (tertiary/aromatic N) is 3. The molecule has 1 aromatic heterocycles. The summed E-state index contributed by atoms with van der Waals surface area (Å²) in [6.07, 6.45) is 2.99. The van der Waals surface area contributed by atoms with E-state index < -0.39 is 0 Å². The number of benzene rings is 1. The van der Waals surface area contributed by atoms with Gasteiger partial charge in [0.1, 0.15) is 5.69 Å². The molecule has 2 heterocycles. The van der Waals surface area contributed by atoms with E-state index in [1.54, 1.807) is 0 Å². The Bertz CT molecular complexity index is 992. The minimum Gasteiger partial charge on any atom is -0.455 e. The van der Waals surface area contributed by atoms with Gasteiger partial charge in [0, 0.05) is 30.3 Å². The van der Waals surface area contributed by atoms with Gasteiger partial charge in [-0.1, -0.05) is 52.0 Å². The second-order valence-corrected chi connectivity index (χ2v) is 8.80.